The van der Waals surface area contributed by atoms with Crippen LogP contribution in [0.3, 0.4) is 0 Å². The fourth-order valence-electron chi connectivity index (χ4n) is 3.39. The van der Waals surface area contributed by atoms with Crippen LogP contribution in [0, 0.1) is 17.8 Å². The zero-order chi connectivity index (χ0) is 11.8. The first kappa shape index (κ1) is 10.6. The molecule has 3 unspecified atom stereocenters. The molecule has 0 spiro atoms. The average Bonchev–Trinajstić information content (AvgIpc) is 3.03. The summed E-state index contributed by atoms with van der Waals surface area (Å²) in [5.74, 6) is 2.82. The summed E-state index contributed by atoms with van der Waals surface area (Å²) in [6.45, 7) is 0.910. The van der Waals surface area contributed by atoms with E-state index in [1.165, 1.54) is 25.7 Å². The predicted octanol–water partition coefficient (Wildman–Crippen LogP) is 0.809. The van der Waals surface area contributed by atoms with Crippen LogP contribution in [0.2, 0.25) is 0 Å². The molecule has 1 aromatic rings. The molecule has 17 heavy (non-hydrogen) atoms. The topological polar surface area (TPSA) is 89.3 Å². The maximum Gasteiger partial charge on any atom is 0.219 e. The van der Waals surface area contributed by atoms with Gasteiger partial charge >= 0.3 is 0 Å². The SMILES string of the molecule is NC(=NO)c1ncn(CC2CC3CCC2C3)n1. The molecule has 6 nitrogen and oxygen atoms in total. The quantitative estimate of drug-likeness (QED) is 0.351. The first-order valence-electron chi connectivity index (χ1n) is 6.13. The predicted molar refractivity (Wildman–Crippen MR) is 61.5 cm³/mol. The fourth-order valence-corrected chi connectivity index (χ4v) is 3.39. The molecule has 92 valence electrons. The van der Waals surface area contributed by atoms with Crippen molar-refractivity contribution < 1.29 is 5.21 Å². The highest BCUT2D eigenvalue weighted by Crippen LogP contribution is 2.48. The molecule has 0 amide bonds. The van der Waals surface area contributed by atoms with Crippen LogP contribution < -0.4 is 5.73 Å². The van der Waals surface area contributed by atoms with Gasteiger partial charge in [-0.2, -0.15) is 0 Å². The van der Waals surface area contributed by atoms with E-state index in [0.717, 1.165) is 24.3 Å². The van der Waals surface area contributed by atoms with Crippen molar-refractivity contribution in [2.75, 3.05) is 0 Å². The number of nitrogens with two attached hydrogens (primary N) is 1. The molecule has 2 aliphatic carbocycles. The summed E-state index contributed by atoms with van der Waals surface area (Å²) in [5.41, 5.74) is 5.44. The highest BCUT2D eigenvalue weighted by atomic mass is 16.4. The molecule has 6 heteroatoms. The molecule has 0 aliphatic heterocycles. The summed E-state index contributed by atoms with van der Waals surface area (Å²) in [6.07, 6.45) is 7.17. The number of rotatable bonds is 3. The van der Waals surface area contributed by atoms with Crippen molar-refractivity contribution in [2.45, 2.75) is 32.2 Å². The number of oxime groups is 1. The largest absolute Gasteiger partial charge is 0.409 e. The number of amidine groups is 1. The van der Waals surface area contributed by atoms with Crippen LogP contribution in [-0.2, 0) is 6.54 Å². The number of fused-ring (bicyclic) bond motifs is 2. The molecule has 2 aliphatic rings. The highest BCUT2D eigenvalue weighted by Gasteiger charge is 2.39. The normalized spacial score (nSPS) is 32.2. The van der Waals surface area contributed by atoms with Crippen molar-refractivity contribution in [3.05, 3.63) is 12.2 Å². The Morgan fingerprint density at radius 2 is 2.41 bits per heavy atom. The zero-order valence-electron chi connectivity index (χ0n) is 9.66. The number of aromatic nitrogens is 3. The molecule has 3 atom stereocenters. The Bertz CT molecular complexity index is 441. The van der Waals surface area contributed by atoms with E-state index in [1.54, 1.807) is 6.33 Å². The van der Waals surface area contributed by atoms with E-state index < -0.39 is 0 Å². The van der Waals surface area contributed by atoms with Gasteiger partial charge in [-0.25, -0.2) is 4.98 Å². The van der Waals surface area contributed by atoms with Gasteiger partial charge in [-0.15, -0.1) is 5.10 Å². The molecule has 1 aromatic heterocycles. The van der Waals surface area contributed by atoms with Gasteiger partial charge in [-0.05, 0) is 37.0 Å². The molecule has 1 heterocycles. The van der Waals surface area contributed by atoms with E-state index in [-0.39, 0.29) is 5.84 Å². The minimum atomic E-state index is -0.0308. The highest BCUT2D eigenvalue weighted by molar-refractivity contribution is 5.93. The van der Waals surface area contributed by atoms with Crippen LogP contribution >= 0.6 is 0 Å². The zero-order valence-corrected chi connectivity index (χ0v) is 9.66. The number of hydrogen-bond donors (Lipinski definition) is 2. The lowest BCUT2D eigenvalue weighted by Crippen LogP contribution is -2.19. The molecule has 0 aromatic carbocycles. The van der Waals surface area contributed by atoms with E-state index >= 15 is 0 Å². The summed E-state index contributed by atoms with van der Waals surface area (Å²) in [6, 6.07) is 0. The van der Waals surface area contributed by atoms with Gasteiger partial charge in [0.05, 0.1) is 0 Å². The van der Waals surface area contributed by atoms with Gasteiger partial charge in [0.25, 0.3) is 0 Å². The summed E-state index contributed by atoms with van der Waals surface area (Å²) in [5, 5.41) is 15.7. The van der Waals surface area contributed by atoms with Crippen LogP contribution in [0.1, 0.15) is 31.5 Å². The van der Waals surface area contributed by atoms with Crippen molar-refractivity contribution in [1.82, 2.24) is 14.8 Å². The van der Waals surface area contributed by atoms with Gasteiger partial charge in [-0.3, -0.25) is 4.68 Å². The molecule has 0 radical (unpaired) electrons. The molecule has 3 N–H and O–H groups in total. The first-order chi connectivity index (χ1) is 8.26. The van der Waals surface area contributed by atoms with Crippen molar-refractivity contribution in [3.63, 3.8) is 0 Å². The lowest BCUT2D eigenvalue weighted by Gasteiger charge is -2.20. The summed E-state index contributed by atoms with van der Waals surface area (Å²) < 4.78 is 1.82. The molecule has 0 saturated heterocycles. The van der Waals surface area contributed by atoms with Crippen LogP contribution in [0.25, 0.3) is 0 Å². The summed E-state index contributed by atoms with van der Waals surface area (Å²) in [7, 11) is 0. The van der Waals surface area contributed by atoms with E-state index in [4.69, 9.17) is 10.9 Å². The first-order valence-corrected chi connectivity index (χ1v) is 6.13. The summed E-state index contributed by atoms with van der Waals surface area (Å²) in [4.78, 5) is 4.03. The molecular formula is C11H17N5O. The third kappa shape index (κ3) is 1.87. The van der Waals surface area contributed by atoms with Crippen LogP contribution in [0.5, 0.6) is 0 Å². The summed E-state index contributed by atoms with van der Waals surface area (Å²) >= 11 is 0. The van der Waals surface area contributed by atoms with Gasteiger partial charge in [0.2, 0.25) is 11.7 Å². The van der Waals surface area contributed by atoms with E-state index in [9.17, 15) is 0 Å². The Kier molecular flexibility index (Phi) is 2.49. The van der Waals surface area contributed by atoms with Crippen molar-refractivity contribution in [2.24, 2.45) is 28.6 Å². The van der Waals surface area contributed by atoms with Gasteiger partial charge in [0, 0.05) is 6.54 Å². The van der Waals surface area contributed by atoms with Gasteiger partial charge in [0.1, 0.15) is 6.33 Å². The van der Waals surface area contributed by atoms with Gasteiger partial charge in [0.15, 0.2) is 0 Å². The third-order valence-electron chi connectivity index (χ3n) is 4.18. The fraction of sp³-hybridized carbons (Fsp3) is 0.727. The average molecular weight is 235 g/mol. The maximum absolute atomic E-state index is 8.54. The minimum Gasteiger partial charge on any atom is -0.409 e. The Morgan fingerprint density at radius 1 is 1.53 bits per heavy atom. The van der Waals surface area contributed by atoms with E-state index in [1.807, 2.05) is 4.68 Å². The molecule has 3 rings (SSSR count). The van der Waals surface area contributed by atoms with Crippen LogP contribution in [0.4, 0.5) is 0 Å². The van der Waals surface area contributed by atoms with E-state index in [2.05, 4.69) is 15.2 Å². The van der Waals surface area contributed by atoms with Crippen LogP contribution in [-0.4, -0.2) is 25.8 Å². The number of hydrogen-bond acceptors (Lipinski definition) is 4. The molecule has 2 saturated carbocycles. The Morgan fingerprint density at radius 3 is 3.06 bits per heavy atom. The third-order valence-corrected chi connectivity index (χ3v) is 4.18. The van der Waals surface area contributed by atoms with E-state index in [0.29, 0.717) is 5.82 Å². The second-order valence-corrected chi connectivity index (χ2v) is 5.21. The monoisotopic (exact) mass is 235 g/mol. The Balaban J connectivity index is 1.67. The number of nitrogens with zero attached hydrogens (tertiary/aromatic N) is 4. The van der Waals surface area contributed by atoms with Gasteiger partial charge in [-0.1, -0.05) is 11.6 Å². The lowest BCUT2D eigenvalue weighted by atomic mass is 9.89. The smallest absolute Gasteiger partial charge is 0.219 e. The molecular weight excluding hydrogens is 218 g/mol. The lowest BCUT2D eigenvalue weighted by molar-refractivity contribution is 0.285. The van der Waals surface area contributed by atoms with Crippen molar-refractivity contribution >= 4 is 5.84 Å². The molecule has 2 bridgehead atoms. The maximum atomic E-state index is 8.54. The molecule has 2 fully saturated rings. The van der Waals surface area contributed by atoms with Crippen LogP contribution in [0.15, 0.2) is 11.5 Å². The van der Waals surface area contributed by atoms with Crippen molar-refractivity contribution in [1.29, 1.82) is 0 Å². The Labute approximate surface area is 99.5 Å². The second-order valence-electron chi connectivity index (χ2n) is 5.21. The minimum absolute atomic E-state index is 0.0308. The second kappa shape index (κ2) is 4.01. The van der Waals surface area contributed by atoms with Gasteiger partial charge < -0.3 is 10.9 Å². The Hall–Kier alpha value is -1.59. The van der Waals surface area contributed by atoms with Crippen molar-refractivity contribution in [3.8, 4) is 0 Å². The standard InChI is InChI=1S/C11H17N5O/c12-10(15-17)11-13-6-16(14-11)5-9-4-7-1-2-8(9)3-7/h6-9,17H,1-5H2,(H2,12,15).